The number of rotatable bonds is 5. The summed E-state index contributed by atoms with van der Waals surface area (Å²) in [7, 11) is 0. The van der Waals surface area contributed by atoms with Gasteiger partial charge in [-0.05, 0) is 72.2 Å². The third-order valence-electron chi connectivity index (χ3n) is 3.98. The maximum absolute atomic E-state index is 13.6. The number of hydrogen-bond donors (Lipinski definition) is 1. The van der Waals surface area contributed by atoms with E-state index in [1.807, 2.05) is 13.0 Å². The minimum Gasteiger partial charge on any atom is -0.326 e. The van der Waals surface area contributed by atoms with Crippen LogP contribution in [0.4, 0.5) is 14.5 Å². The lowest BCUT2D eigenvalue weighted by molar-refractivity contribution is -0.116. The molecule has 0 aliphatic carbocycles. The van der Waals surface area contributed by atoms with Gasteiger partial charge in [0, 0.05) is 12.1 Å². The number of amides is 1. The number of benzene rings is 2. The fraction of sp³-hybridized carbons (Fsp3) is 0.222. The number of anilines is 1. The molecule has 26 heavy (non-hydrogen) atoms. The number of halogens is 2. The Kier molecular flexibility index (Phi) is 5.01. The van der Waals surface area contributed by atoms with Crippen molar-refractivity contribution in [2.75, 3.05) is 5.32 Å². The molecule has 0 atom stereocenters. The molecule has 0 unspecified atom stereocenters. The molecular weight excluding hydrogens is 340 g/mol. The van der Waals surface area contributed by atoms with Crippen LogP contribution in [0, 0.1) is 25.5 Å². The molecule has 1 heterocycles. The molecule has 0 saturated carbocycles. The quantitative estimate of drug-likeness (QED) is 0.761. The van der Waals surface area contributed by atoms with Gasteiger partial charge in [-0.25, -0.2) is 8.78 Å². The van der Waals surface area contributed by atoms with Crippen LogP contribution < -0.4 is 5.32 Å². The van der Waals surface area contributed by atoms with Gasteiger partial charge >= 0.3 is 0 Å². The molecule has 0 spiro atoms. The van der Waals surface area contributed by atoms with Crippen LogP contribution in [0.25, 0.3) is 5.69 Å². The third-order valence-corrected chi connectivity index (χ3v) is 3.98. The van der Waals surface area contributed by atoms with Crippen LogP contribution in [0.3, 0.4) is 0 Å². The van der Waals surface area contributed by atoms with E-state index in [1.165, 1.54) is 0 Å². The lowest BCUT2D eigenvalue weighted by atomic mass is 10.1. The number of nitrogens with one attached hydrogen (secondary N) is 1. The van der Waals surface area contributed by atoms with Gasteiger partial charge in [0.1, 0.15) is 11.6 Å². The van der Waals surface area contributed by atoms with E-state index in [0.717, 1.165) is 29.4 Å². The Bertz CT molecular complexity index is 955. The van der Waals surface area contributed by atoms with Crippen LogP contribution >= 0.6 is 0 Å². The third kappa shape index (κ3) is 3.90. The van der Waals surface area contributed by atoms with Crippen LogP contribution in [0.2, 0.25) is 0 Å². The Morgan fingerprint density at radius 2 is 1.96 bits per heavy atom. The second-order valence-corrected chi connectivity index (χ2v) is 5.92. The molecule has 6 nitrogen and oxygen atoms in total. The number of aromatic nitrogens is 4. The van der Waals surface area contributed by atoms with Crippen molar-refractivity contribution in [3.8, 4) is 5.69 Å². The van der Waals surface area contributed by atoms with Crippen molar-refractivity contribution in [3.05, 3.63) is 65.0 Å². The zero-order chi connectivity index (χ0) is 18.7. The molecule has 0 aliphatic rings. The van der Waals surface area contributed by atoms with E-state index in [0.29, 0.717) is 11.5 Å². The van der Waals surface area contributed by atoms with E-state index < -0.39 is 11.6 Å². The molecule has 8 heteroatoms. The van der Waals surface area contributed by atoms with Crippen LogP contribution in [0.1, 0.15) is 23.4 Å². The normalized spacial score (nSPS) is 10.8. The SMILES string of the molecule is Cc1ccc(NC(=O)CCc2cc(F)ccc2F)cc1-n1nnnc1C. The topological polar surface area (TPSA) is 72.7 Å². The molecule has 0 fully saturated rings. The first kappa shape index (κ1) is 17.7. The molecule has 0 saturated heterocycles. The number of carbonyl (C=O) groups excluding carboxylic acids is 1. The van der Waals surface area contributed by atoms with E-state index in [2.05, 4.69) is 20.8 Å². The van der Waals surface area contributed by atoms with Crippen molar-refractivity contribution in [2.24, 2.45) is 0 Å². The predicted molar refractivity (Wildman–Crippen MR) is 91.9 cm³/mol. The van der Waals surface area contributed by atoms with Gasteiger partial charge in [-0.2, -0.15) is 4.68 Å². The van der Waals surface area contributed by atoms with Gasteiger partial charge in [0.15, 0.2) is 5.82 Å². The predicted octanol–water partition coefficient (Wildman–Crippen LogP) is 3.13. The minimum absolute atomic E-state index is 0.0352. The second-order valence-electron chi connectivity index (χ2n) is 5.92. The molecule has 2 aromatic carbocycles. The molecule has 3 aromatic rings. The number of tetrazole rings is 1. The Morgan fingerprint density at radius 1 is 1.15 bits per heavy atom. The maximum atomic E-state index is 13.6. The minimum atomic E-state index is -0.526. The highest BCUT2D eigenvalue weighted by molar-refractivity contribution is 5.91. The monoisotopic (exact) mass is 357 g/mol. The van der Waals surface area contributed by atoms with Gasteiger partial charge < -0.3 is 5.32 Å². The summed E-state index contributed by atoms with van der Waals surface area (Å²) in [4.78, 5) is 12.2. The summed E-state index contributed by atoms with van der Waals surface area (Å²) < 4.78 is 28.4. The Labute approximate surface area is 148 Å². The lowest BCUT2D eigenvalue weighted by Crippen LogP contribution is -2.13. The van der Waals surface area contributed by atoms with E-state index in [1.54, 1.807) is 23.7 Å². The number of aryl methyl sites for hydroxylation is 3. The summed E-state index contributed by atoms with van der Waals surface area (Å²) >= 11 is 0. The standard InChI is InChI=1S/C18H17F2N5O/c1-11-3-6-15(10-17(11)25-12(2)22-23-24-25)21-18(26)8-4-13-9-14(19)5-7-16(13)20/h3,5-7,9-10H,4,8H2,1-2H3,(H,21,26). The van der Waals surface area contributed by atoms with E-state index >= 15 is 0 Å². The van der Waals surface area contributed by atoms with Crippen molar-refractivity contribution < 1.29 is 13.6 Å². The Morgan fingerprint density at radius 3 is 2.69 bits per heavy atom. The fourth-order valence-corrected chi connectivity index (χ4v) is 2.58. The van der Waals surface area contributed by atoms with Crippen LogP contribution in [0.15, 0.2) is 36.4 Å². The first-order valence-electron chi connectivity index (χ1n) is 8.04. The highest BCUT2D eigenvalue weighted by Gasteiger charge is 2.11. The van der Waals surface area contributed by atoms with Crippen LogP contribution in [0.5, 0.6) is 0 Å². The molecule has 0 bridgehead atoms. The number of nitrogens with zero attached hydrogens (tertiary/aromatic N) is 4. The zero-order valence-corrected chi connectivity index (χ0v) is 14.3. The smallest absolute Gasteiger partial charge is 0.224 e. The van der Waals surface area contributed by atoms with Gasteiger partial charge in [-0.3, -0.25) is 4.79 Å². The highest BCUT2D eigenvalue weighted by Crippen LogP contribution is 2.20. The molecule has 3 rings (SSSR count). The Balaban J connectivity index is 1.70. The van der Waals surface area contributed by atoms with Crippen LogP contribution in [-0.4, -0.2) is 26.1 Å². The summed E-state index contributed by atoms with van der Waals surface area (Å²) in [6.07, 6.45) is 0.147. The van der Waals surface area contributed by atoms with Gasteiger partial charge in [-0.15, -0.1) is 5.10 Å². The maximum Gasteiger partial charge on any atom is 0.224 e. The van der Waals surface area contributed by atoms with Crippen LogP contribution in [-0.2, 0) is 11.2 Å². The first-order valence-corrected chi connectivity index (χ1v) is 8.04. The van der Waals surface area contributed by atoms with E-state index in [-0.39, 0.29) is 24.3 Å². The van der Waals surface area contributed by atoms with Gasteiger partial charge in [-0.1, -0.05) is 6.07 Å². The second kappa shape index (κ2) is 7.38. The molecule has 1 amide bonds. The first-order chi connectivity index (χ1) is 12.4. The number of carbonyl (C=O) groups is 1. The van der Waals surface area contributed by atoms with Gasteiger partial charge in [0.25, 0.3) is 0 Å². The zero-order valence-electron chi connectivity index (χ0n) is 14.3. The molecule has 0 aliphatic heterocycles. The molecule has 134 valence electrons. The molecule has 1 aromatic heterocycles. The van der Waals surface area contributed by atoms with Crippen molar-refractivity contribution in [2.45, 2.75) is 26.7 Å². The fourth-order valence-electron chi connectivity index (χ4n) is 2.58. The van der Waals surface area contributed by atoms with Crippen molar-refractivity contribution >= 4 is 11.6 Å². The van der Waals surface area contributed by atoms with E-state index in [4.69, 9.17) is 0 Å². The summed E-state index contributed by atoms with van der Waals surface area (Å²) in [5.41, 5.74) is 2.45. The lowest BCUT2D eigenvalue weighted by Gasteiger charge is -2.10. The van der Waals surface area contributed by atoms with E-state index in [9.17, 15) is 13.6 Å². The van der Waals surface area contributed by atoms with Gasteiger partial charge in [0.2, 0.25) is 5.91 Å². The summed E-state index contributed by atoms with van der Waals surface area (Å²) in [5.74, 6) is -0.720. The number of hydrogen-bond acceptors (Lipinski definition) is 4. The Hall–Kier alpha value is -3.16. The van der Waals surface area contributed by atoms with Crippen molar-refractivity contribution in [1.29, 1.82) is 0 Å². The largest absolute Gasteiger partial charge is 0.326 e. The summed E-state index contributed by atoms with van der Waals surface area (Å²) in [5, 5.41) is 14.2. The average molecular weight is 357 g/mol. The average Bonchev–Trinajstić information content (AvgIpc) is 3.03. The van der Waals surface area contributed by atoms with Crippen molar-refractivity contribution in [3.63, 3.8) is 0 Å². The van der Waals surface area contributed by atoms with Crippen molar-refractivity contribution in [1.82, 2.24) is 20.2 Å². The summed E-state index contributed by atoms with van der Waals surface area (Å²) in [6, 6.07) is 8.58. The van der Waals surface area contributed by atoms with Gasteiger partial charge in [0.05, 0.1) is 5.69 Å². The summed E-state index contributed by atoms with van der Waals surface area (Å²) in [6.45, 7) is 3.69. The molecule has 0 radical (unpaired) electrons. The highest BCUT2D eigenvalue weighted by atomic mass is 19.1. The molecular formula is C18H17F2N5O. The molecule has 1 N–H and O–H groups in total.